The van der Waals surface area contributed by atoms with Crippen molar-refractivity contribution in [1.29, 1.82) is 0 Å². The Bertz CT molecular complexity index is 1280. The van der Waals surface area contributed by atoms with Crippen LogP contribution >= 0.6 is 11.6 Å². The third kappa shape index (κ3) is 3.88. The quantitative estimate of drug-likeness (QED) is 0.407. The van der Waals surface area contributed by atoms with Gasteiger partial charge in [0.25, 0.3) is 10.0 Å². The molecule has 3 aromatic rings. The van der Waals surface area contributed by atoms with Crippen LogP contribution in [0, 0.1) is 0 Å². The lowest BCUT2D eigenvalue weighted by Crippen LogP contribution is -2.36. The third-order valence-corrected chi connectivity index (χ3v) is 7.08. The Hall–Kier alpha value is -2.62. The second kappa shape index (κ2) is 7.81. The fraction of sp³-hybridized carbons (Fsp3) is 0.333. The Labute approximate surface area is 184 Å². The summed E-state index contributed by atoms with van der Waals surface area (Å²) in [7, 11) is -2.74. The molecule has 8 nitrogen and oxygen atoms in total. The summed E-state index contributed by atoms with van der Waals surface area (Å²) in [4.78, 5) is 16.3. The molecule has 1 aliphatic rings. The van der Waals surface area contributed by atoms with E-state index in [2.05, 4.69) is 4.98 Å². The maximum atomic E-state index is 13.6. The highest BCUT2D eigenvalue weighted by atomic mass is 35.5. The topological polar surface area (TPSA) is 96.7 Å². The van der Waals surface area contributed by atoms with Crippen molar-refractivity contribution < 1.29 is 27.4 Å². The number of pyridine rings is 1. The fourth-order valence-electron chi connectivity index (χ4n) is 3.46. The molecule has 0 amide bonds. The minimum atomic E-state index is -4.00. The Morgan fingerprint density at radius 1 is 1.26 bits per heavy atom. The lowest BCUT2D eigenvalue weighted by Gasteiger charge is -2.22. The minimum absolute atomic E-state index is 0.123. The van der Waals surface area contributed by atoms with Crippen LogP contribution in [0.5, 0.6) is 5.75 Å². The lowest BCUT2D eigenvalue weighted by atomic mass is 10.1. The summed E-state index contributed by atoms with van der Waals surface area (Å²) in [6.45, 7) is 3.46. The average Bonchev–Trinajstić information content (AvgIpc) is 3.34. The van der Waals surface area contributed by atoms with E-state index in [1.807, 2.05) is 0 Å². The highest BCUT2D eigenvalue weighted by Crippen LogP contribution is 2.31. The summed E-state index contributed by atoms with van der Waals surface area (Å²) in [6, 6.07) is 9.49. The number of ether oxygens (including phenoxy) is 3. The third-order valence-electron chi connectivity index (χ3n) is 5.11. The number of carbonyl (C=O) groups excluding carboxylic acids is 1. The summed E-state index contributed by atoms with van der Waals surface area (Å²) in [5.74, 6) is 0.117. The fourth-order valence-corrected chi connectivity index (χ4v) is 5.19. The number of hydrogen-bond donors (Lipinski definition) is 0. The zero-order chi connectivity index (χ0) is 22.4. The van der Waals surface area contributed by atoms with Gasteiger partial charge in [-0.1, -0.05) is 11.6 Å². The summed E-state index contributed by atoms with van der Waals surface area (Å²) in [6.07, 6.45) is 0.644. The zero-order valence-electron chi connectivity index (χ0n) is 17.2. The van der Waals surface area contributed by atoms with Gasteiger partial charge in [-0.05, 0) is 55.8 Å². The van der Waals surface area contributed by atoms with E-state index in [4.69, 9.17) is 25.8 Å². The van der Waals surface area contributed by atoms with E-state index >= 15 is 0 Å². The van der Waals surface area contributed by atoms with E-state index in [-0.39, 0.29) is 16.7 Å². The van der Waals surface area contributed by atoms with Gasteiger partial charge in [0.15, 0.2) is 5.60 Å². The Balaban J connectivity index is 1.82. The van der Waals surface area contributed by atoms with Crippen LogP contribution in [0.1, 0.15) is 25.1 Å². The molecular weight excluding hydrogens is 444 g/mol. The van der Waals surface area contributed by atoms with Gasteiger partial charge in [0, 0.05) is 6.42 Å². The van der Waals surface area contributed by atoms with Crippen molar-refractivity contribution >= 4 is 38.6 Å². The first-order chi connectivity index (χ1) is 14.6. The number of carbonyl (C=O) groups is 1. The molecule has 0 bridgehead atoms. The first-order valence-corrected chi connectivity index (χ1v) is 11.4. The van der Waals surface area contributed by atoms with Crippen molar-refractivity contribution in [2.75, 3.05) is 13.7 Å². The number of hydrogen-bond acceptors (Lipinski definition) is 7. The number of methoxy groups -OCH3 is 1. The van der Waals surface area contributed by atoms with Crippen LogP contribution in [-0.4, -0.2) is 42.7 Å². The van der Waals surface area contributed by atoms with E-state index in [1.54, 1.807) is 38.1 Å². The van der Waals surface area contributed by atoms with Crippen molar-refractivity contribution in [3.63, 3.8) is 0 Å². The number of benzene rings is 1. The van der Waals surface area contributed by atoms with Gasteiger partial charge in [0.05, 0.1) is 41.9 Å². The lowest BCUT2D eigenvalue weighted by molar-refractivity contribution is -0.166. The summed E-state index contributed by atoms with van der Waals surface area (Å²) >= 11 is 6.01. The van der Waals surface area contributed by atoms with Crippen LogP contribution in [0.3, 0.4) is 0 Å². The Morgan fingerprint density at radius 3 is 2.77 bits per heavy atom. The molecule has 0 unspecified atom stereocenters. The minimum Gasteiger partial charge on any atom is -0.493 e. The summed E-state index contributed by atoms with van der Waals surface area (Å²) in [5, 5.41) is 0.235. The average molecular weight is 465 g/mol. The van der Waals surface area contributed by atoms with E-state index in [0.29, 0.717) is 35.5 Å². The molecule has 0 radical (unpaired) electrons. The summed E-state index contributed by atoms with van der Waals surface area (Å²) in [5.41, 5.74) is 0.628. The van der Waals surface area contributed by atoms with Gasteiger partial charge < -0.3 is 14.2 Å². The monoisotopic (exact) mass is 464 g/mol. The van der Waals surface area contributed by atoms with Crippen LogP contribution in [0.2, 0.25) is 5.15 Å². The van der Waals surface area contributed by atoms with Crippen LogP contribution in [0.25, 0.3) is 11.0 Å². The molecule has 0 aliphatic carbocycles. The number of halogens is 1. The van der Waals surface area contributed by atoms with Gasteiger partial charge in [-0.3, -0.25) is 0 Å². The molecule has 1 aromatic carbocycles. The number of fused-ring (bicyclic) bond motifs is 2. The highest BCUT2D eigenvalue weighted by molar-refractivity contribution is 7.90. The van der Waals surface area contributed by atoms with E-state index < -0.39 is 21.6 Å². The molecule has 3 heterocycles. The van der Waals surface area contributed by atoms with E-state index in [9.17, 15) is 13.2 Å². The molecule has 164 valence electrons. The Morgan fingerprint density at radius 2 is 2.03 bits per heavy atom. The molecule has 0 N–H and O–H groups in total. The molecule has 0 saturated heterocycles. The van der Waals surface area contributed by atoms with Crippen molar-refractivity contribution in [3.8, 4) is 5.75 Å². The zero-order valence-corrected chi connectivity index (χ0v) is 18.8. The maximum Gasteiger partial charge on any atom is 0.337 e. The molecule has 1 aliphatic heterocycles. The number of nitrogens with zero attached hydrogens (tertiary/aromatic N) is 2. The molecule has 0 spiro atoms. The van der Waals surface area contributed by atoms with Gasteiger partial charge >= 0.3 is 5.97 Å². The molecular formula is C21H21ClN2O6S. The van der Waals surface area contributed by atoms with Gasteiger partial charge in [-0.25, -0.2) is 22.2 Å². The van der Waals surface area contributed by atoms with Crippen LogP contribution in [0.15, 0.2) is 41.3 Å². The van der Waals surface area contributed by atoms with E-state index in [1.165, 1.54) is 23.2 Å². The van der Waals surface area contributed by atoms with Crippen LogP contribution < -0.4 is 4.74 Å². The number of esters is 1. The van der Waals surface area contributed by atoms with E-state index in [0.717, 1.165) is 5.56 Å². The van der Waals surface area contributed by atoms with Gasteiger partial charge in [0.1, 0.15) is 10.9 Å². The normalized spacial score (nSPS) is 13.8. The molecule has 0 fully saturated rings. The molecule has 31 heavy (non-hydrogen) atoms. The highest BCUT2D eigenvalue weighted by Gasteiger charge is 2.32. The van der Waals surface area contributed by atoms with Crippen molar-refractivity contribution in [1.82, 2.24) is 8.96 Å². The standard InChI is InChI=1S/C21H21ClN2O6S/c1-21(2,20(25)28-3)30-12-14-11-16-17(5-7-19(22)23-16)24(14)31(26,27)15-4-6-18-13(10-15)8-9-29-18/h4-7,10-11H,8-9,12H2,1-3H3. The molecule has 10 heteroatoms. The molecule has 4 rings (SSSR count). The number of aromatic nitrogens is 2. The summed E-state index contributed by atoms with van der Waals surface area (Å²) < 4.78 is 44.4. The SMILES string of the molecule is COC(=O)C(C)(C)OCc1cc2nc(Cl)ccc2n1S(=O)(=O)c1ccc2c(c1)CCO2. The second-order valence-electron chi connectivity index (χ2n) is 7.60. The molecule has 2 aromatic heterocycles. The van der Waals surface area contributed by atoms with Crippen molar-refractivity contribution in [2.45, 2.75) is 37.4 Å². The number of rotatable bonds is 6. The molecule has 0 atom stereocenters. The van der Waals surface area contributed by atoms with Crippen LogP contribution in [0.4, 0.5) is 0 Å². The van der Waals surface area contributed by atoms with Gasteiger partial charge in [-0.2, -0.15) is 0 Å². The Kier molecular flexibility index (Phi) is 5.45. The largest absolute Gasteiger partial charge is 0.493 e. The van der Waals surface area contributed by atoms with Crippen molar-refractivity contribution in [2.24, 2.45) is 0 Å². The maximum absolute atomic E-state index is 13.6. The smallest absolute Gasteiger partial charge is 0.337 e. The second-order valence-corrected chi connectivity index (χ2v) is 9.78. The predicted octanol–water partition coefficient (Wildman–Crippen LogP) is 3.33. The first kappa shape index (κ1) is 21.6. The predicted molar refractivity (Wildman–Crippen MR) is 114 cm³/mol. The van der Waals surface area contributed by atoms with Crippen LogP contribution in [-0.2, 0) is 37.3 Å². The van der Waals surface area contributed by atoms with Gasteiger partial charge in [-0.15, -0.1) is 0 Å². The van der Waals surface area contributed by atoms with Gasteiger partial charge in [0.2, 0.25) is 0 Å². The van der Waals surface area contributed by atoms with Crippen molar-refractivity contribution in [3.05, 3.63) is 52.8 Å². The molecule has 0 saturated carbocycles. The first-order valence-electron chi connectivity index (χ1n) is 9.54.